The molecule has 2 aromatic carbocycles. The Hall–Kier alpha value is -3.10. The Morgan fingerprint density at radius 2 is 1.32 bits per heavy atom. The normalized spacial score (nSPS) is 10.7. The number of nitrogens with zero attached hydrogens (tertiary/aromatic N) is 2. The van der Waals surface area contributed by atoms with Crippen molar-refractivity contribution in [2.24, 2.45) is 0 Å². The molecule has 0 saturated carbocycles. The van der Waals surface area contributed by atoms with Gasteiger partial charge < -0.3 is 24.7 Å². The molecular formula is C23H27N3O4S. The molecule has 1 aromatic heterocycles. The highest BCUT2D eigenvalue weighted by molar-refractivity contribution is 7.96. The number of anilines is 1. The summed E-state index contributed by atoms with van der Waals surface area (Å²) in [6.07, 6.45) is 1.71. The van der Waals surface area contributed by atoms with Gasteiger partial charge in [-0.2, -0.15) is 0 Å². The van der Waals surface area contributed by atoms with Gasteiger partial charge in [0, 0.05) is 48.2 Å². The van der Waals surface area contributed by atoms with Crippen molar-refractivity contribution in [1.82, 2.24) is 9.29 Å². The number of aromatic nitrogens is 1. The Morgan fingerprint density at radius 3 is 1.77 bits per heavy atom. The van der Waals surface area contributed by atoms with E-state index in [9.17, 15) is 0 Å². The van der Waals surface area contributed by atoms with Crippen LogP contribution in [-0.2, 0) is 13.1 Å². The minimum Gasteiger partial charge on any atom is -0.497 e. The van der Waals surface area contributed by atoms with Gasteiger partial charge in [-0.3, -0.25) is 0 Å². The van der Waals surface area contributed by atoms with Crippen LogP contribution in [0.3, 0.4) is 0 Å². The Balaban J connectivity index is 1.92. The molecule has 0 aliphatic carbocycles. The van der Waals surface area contributed by atoms with Gasteiger partial charge in [-0.15, -0.1) is 0 Å². The number of hydrogen-bond donors (Lipinski definition) is 1. The third-order valence-electron chi connectivity index (χ3n) is 4.66. The van der Waals surface area contributed by atoms with Crippen molar-refractivity contribution in [1.29, 1.82) is 0 Å². The summed E-state index contributed by atoms with van der Waals surface area (Å²) in [7, 11) is 6.58. The molecule has 1 heterocycles. The Morgan fingerprint density at radius 1 is 0.774 bits per heavy atom. The van der Waals surface area contributed by atoms with Crippen LogP contribution in [0.15, 0.2) is 59.8 Å². The second kappa shape index (κ2) is 10.8. The van der Waals surface area contributed by atoms with Crippen molar-refractivity contribution < 1.29 is 18.9 Å². The van der Waals surface area contributed by atoms with E-state index in [2.05, 4.69) is 9.29 Å². The van der Waals surface area contributed by atoms with Gasteiger partial charge >= 0.3 is 0 Å². The third-order valence-corrected chi connectivity index (χ3v) is 5.59. The largest absolute Gasteiger partial charge is 0.497 e. The number of benzene rings is 2. The minimum absolute atomic E-state index is 0.601. The Kier molecular flexibility index (Phi) is 7.86. The van der Waals surface area contributed by atoms with E-state index in [0.29, 0.717) is 18.8 Å². The van der Waals surface area contributed by atoms with Crippen molar-refractivity contribution in [2.45, 2.75) is 18.1 Å². The second-order valence-electron chi connectivity index (χ2n) is 6.67. The SMILES string of the molecule is COc1ccc(CN(Cc2ccc(OC)cc2OC)Sc2cc(N)ccn2)c(OC)c1. The van der Waals surface area contributed by atoms with E-state index < -0.39 is 0 Å². The first kappa shape index (κ1) is 22.6. The lowest BCUT2D eigenvalue weighted by Gasteiger charge is -2.23. The van der Waals surface area contributed by atoms with Crippen LogP contribution in [0.1, 0.15) is 11.1 Å². The molecule has 0 unspecified atom stereocenters. The molecule has 0 amide bonds. The number of nitrogens with two attached hydrogens (primary N) is 1. The number of methoxy groups -OCH3 is 4. The van der Waals surface area contributed by atoms with Crippen LogP contribution < -0.4 is 24.7 Å². The zero-order valence-corrected chi connectivity index (χ0v) is 18.9. The van der Waals surface area contributed by atoms with Crippen molar-refractivity contribution >= 4 is 17.6 Å². The number of pyridine rings is 1. The van der Waals surface area contributed by atoms with Gasteiger partial charge in [0.05, 0.1) is 28.4 Å². The smallest absolute Gasteiger partial charge is 0.127 e. The molecule has 0 aliphatic heterocycles. The van der Waals surface area contributed by atoms with Gasteiger partial charge in [0.15, 0.2) is 0 Å². The predicted molar refractivity (Wildman–Crippen MR) is 123 cm³/mol. The van der Waals surface area contributed by atoms with Crippen LogP contribution in [0.25, 0.3) is 0 Å². The lowest BCUT2D eigenvalue weighted by atomic mass is 10.1. The maximum absolute atomic E-state index is 5.96. The van der Waals surface area contributed by atoms with Crippen LogP contribution >= 0.6 is 11.9 Å². The van der Waals surface area contributed by atoms with E-state index in [1.165, 1.54) is 11.9 Å². The summed E-state index contributed by atoms with van der Waals surface area (Å²) >= 11 is 1.52. The van der Waals surface area contributed by atoms with E-state index in [1.807, 2.05) is 42.5 Å². The van der Waals surface area contributed by atoms with Crippen molar-refractivity contribution in [2.75, 3.05) is 34.2 Å². The van der Waals surface area contributed by atoms with Gasteiger partial charge in [0.2, 0.25) is 0 Å². The first-order chi connectivity index (χ1) is 15.1. The molecule has 8 heteroatoms. The molecule has 0 fully saturated rings. The molecule has 7 nitrogen and oxygen atoms in total. The molecule has 31 heavy (non-hydrogen) atoms. The van der Waals surface area contributed by atoms with Crippen LogP contribution in [0.2, 0.25) is 0 Å². The Labute approximate surface area is 187 Å². The van der Waals surface area contributed by atoms with Crippen molar-refractivity contribution in [3.05, 3.63) is 65.9 Å². The topological polar surface area (TPSA) is 79.1 Å². The summed E-state index contributed by atoms with van der Waals surface area (Å²) in [4.78, 5) is 4.44. The molecule has 0 radical (unpaired) electrons. The van der Waals surface area contributed by atoms with Gasteiger partial charge in [-0.25, -0.2) is 9.29 Å². The molecule has 3 rings (SSSR count). The van der Waals surface area contributed by atoms with E-state index >= 15 is 0 Å². The molecular weight excluding hydrogens is 414 g/mol. The zero-order chi connectivity index (χ0) is 22.2. The van der Waals surface area contributed by atoms with Crippen LogP contribution in [0.4, 0.5) is 5.69 Å². The number of hydrogen-bond acceptors (Lipinski definition) is 8. The molecule has 0 spiro atoms. The fourth-order valence-electron chi connectivity index (χ4n) is 3.07. The van der Waals surface area contributed by atoms with Gasteiger partial charge in [0.25, 0.3) is 0 Å². The van der Waals surface area contributed by atoms with E-state index in [0.717, 1.165) is 39.2 Å². The highest BCUT2D eigenvalue weighted by Crippen LogP contribution is 2.33. The first-order valence-corrected chi connectivity index (χ1v) is 10.4. The summed E-state index contributed by atoms with van der Waals surface area (Å²) < 4.78 is 24.0. The lowest BCUT2D eigenvalue weighted by Crippen LogP contribution is -2.16. The minimum atomic E-state index is 0.601. The fourth-order valence-corrected chi connectivity index (χ4v) is 4.04. The molecule has 164 valence electrons. The highest BCUT2D eigenvalue weighted by atomic mass is 32.2. The molecule has 0 saturated heterocycles. The van der Waals surface area contributed by atoms with Crippen molar-refractivity contribution in [3.8, 4) is 23.0 Å². The summed E-state index contributed by atoms with van der Waals surface area (Å²) in [6, 6.07) is 15.2. The van der Waals surface area contributed by atoms with E-state index in [1.54, 1.807) is 40.7 Å². The van der Waals surface area contributed by atoms with Gasteiger partial charge in [-0.05, 0) is 36.2 Å². The zero-order valence-electron chi connectivity index (χ0n) is 18.1. The quantitative estimate of drug-likeness (QED) is 0.464. The van der Waals surface area contributed by atoms with Gasteiger partial charge in [-0.1, -0.05) is 12.1 Å². The molecule has 2 N–H and O–H groups in total. The van der Waals surface area contributed by atoms with Gasteiger partial charge in [0.1, 0.15) is 28.0 Å². The predicted octanol–water partition coefficient (Wildman–Crippen LogP) is 4.41. The van der Waals surface area contributed by atoms with E-state index in [-0.39, 0.29) is 0 Å². The highest BCUT2D eigenvalue weighted by Gasteiger charge is 2.17. The second-order valence-corrected chi connectivity index (χ2v) is 7.79. The number of rotatable bonds is 10. The van der Waals surface area contributed by atoms with Crippen LogP contribution in [-0.4, -0.2) is 37.7 Å². The van der Waals surface area contributed by atoms with E-state index in [4.69, 9.17) is 24.7 Å². The molecule has 0 bridgehead atoms. The Bertz CT molecular complexity index is 958. The fraction of sp³-hybridized carbons (Fsp3) is 0.261. The first-order valence-electron chi connectivity index (χ1n) is 9.62. The average molecular weight is 442 g/mol. The summed E-state index contributed by atoms with van der Waals surface area (Å²) in [5.74, 6) is 3.00. The molecule has 3 aromatic rings. The monoisotopic (exact) mass is 441 g/mol. The molecule has 0 atom stereocenters. The standard InChI is InChI=1S/C23H27N3O4S/c1-27-19-7-5-16(21(12-19)29-3)14-26(31-23-11-18(24)9-10-25-23)15-17-6-8-20(28-2)13-22(17)30-4/h5-13H,14-15H2,1-4H3,(H2,24,25). The van der Waals surface area contributed by atoms with Crippen LogP contribution in [0.5, 0.6) is 23.0 Å². The number of ether oxygens (including phenoxy) is 4. The third kappa shape index (κ3) is 5.96. The maximum atomic E-state index is 5.96. The maximum Gasteiger partial charge on any atom is 0.127 e. The summed E-state index contributed by atoms with van der Waals surface area (Å²) in [5.41, 5.74) is 8.66. The summed E-state index contributed by atoms with van der Waals surface area (Å²) in [5, 5.41) is 0.806. The van der Waals surface area contributed by atoms with Crippen LogP contribution in [0, 0.1) is 0 Å². The molecule has 0 aliphatic rings. The lowest BCUT2D eigenvalue weighted by molar-refractivity contribution is 0.372. The average Bonchev–Trinajstić information content (AvgIpc) is 2.79. The number of nitrogen functional groups attached to an aromatic ring is 1. The van der Waals surface area contributed by atoms with Crippen molar-refractivity contribution in [3.63, 3.8) is 0 Å². The summed E-state index contributed by atoms with van der Waals surface area (Å²) in [6.45, 7) is 1.20.